The highest BCUT2D eigenvalue weighted by atomic mass is 16.6. The lowest BCUT2D eigenvalue weighted by atomic mass is 9.99. The number of carbonyl (C=O) groups excluding carboxylic acids is 1. The van der Waals surface area contributed by atoms with Gasteiger partial charge in [-0.2, -0.15) is 0 Å². The van der Waals surface area contributed by atoms with E-state index in [9.17, 15) is 19.7 Å². The normalized spacial score (nSPS) is 13.6. The predicted molar refractivity (Wildman–Crippen MR) is 63.7 cm³/mol. The van der Waals surface area contributed by atoms with Crippen LogP contribution in [-0.2, 0) is 4.79 Å². The maximum Gasteiger partial charge on any atom is 0.433 e. The van der Waals surface area contributed by atoms with E-state index in [1.165, 1.54) is 0 Å². The van der Waals surface area contributed by atoms with Crippen molar-refractivity contribution < 1.29 is 24.0 Å². The second-order valence-corrected chi connectivity index (χ2v) is 4.07. The van der Waals surface area contributed by atoms with Crippen molar-refractivity contribution in [1.29, 1.82) is 0 Å². The Morgan fingerprint density at radius 1 is 1.53 bits per heavy atom. The van der Waals surface area contributed by atoms with Crippen LogP contribution in [0.3, 0.4) is 0 Å². The number of amides is 1. The van der Waals surface area contributed by atoms with Gasteiger partial charge < -0.3 is 14.8 Å². The van der Waals surface area contributed by atoms with E-state index in [0.717, 1.165) is 12.1 Å². The molecule has 0 saturated heterocycles. The monoisotopic (exact) mass is 270 g/mol. The molecule has 0 aliphatic heterocycles. The molecule has 19 heavy (non-hydrogen) atoms. The Labute approximate surface area is 108 Å². The van der Waals surface area contributed by atoms with Crippen LogP contribution in [0, 0.1) is 16.0 Å². The highest BCUT2D eigenvalue weighted by molar-refractivity contribution is 5.94. The Bertz CT molecular complexity index is 495. The Hall–Kier alpha value is -2.38. The fourth-order valence-corrected chi connectivity index (χ4v) is 1.44. The number of furan rings is 1. The van der Waals surface area contributed by atoms with Gasteiger partial charge in [-0.25, -0.2) is 4.79 Å². The zero-order valence-corrected chi connectivity index (χ0v) is 10.5. The van der Waals surface area contributed by atoms with Gasteiger partial charge in [-0.3, -0.25) is 14.9 Å². The van der Waals surface area contributed by atoms with E-state index in [4.69, 9.17) is 9.52 Å². The van der Waals surface area contributed by atoms with Gasteiger partial charge in [-0.1, -0.05) is 20.3 Å². The van der Waals surface area contributed by atoms with Crippen molar-refractivity contribution >= 4 is 17.8 Å². The van der Waals surface area contributed by atoms with Crippen LogP contribution in [0.2, 0.25) is 0 Å². The van der Waals surface area contributed by atoms with Crippen LogP contribution in [0.25, 0.3) is 0 Å². The Morgan fingerprint density at radius 3 is 2.58 bits per heavy atom. The number of nitro groups is 1. The first kappa shape index (κ1) is 14.7. The third kappa shape index (κ3) is 3.54. The summed E-state index contributed by atoms with van der Waals surface area (Å²) >= 11 is 0. The van der Waals surface area contributed by atoms with Crippen LogP contribution in [0.4, 0.5) is 5.88 Å². The molecule has 0 aromatic carbocycles. The van der Waals surface area contributed by atoms with E-state index >= 15 is 0 Å². The molecule has 1 heterocycles. The molecular formula is C11H14N2O6. The summed E-state index contributed by atoms with van der Waals surface area (Å²) in [6.07, 6.45) is 0.565. The summed E-state index contributed by atoms with van der Waals surface area (Å²) < 4.78 is 4.70. The van der Waals surface area contributed by atoms with E-state index in [1.54, 1.807) is 13.8 Å². The number of hydrogen-bond acceptors (Lipinski definition) is 5. The lowest BCUT2D eigenvalue weighted by Gasteiger charge is -2.19. The molecule has 1 aromatic rings. The van der Waals surface area contributed by atoms with E-state index in [1.807, 2.05) is 0 Å². The third-order valence-electron chi connectivity index (χ3n) is 2.76. The molecular weight excluding hydrogens is 256 g/mol. The lowest BCUT2D eigenvalue weighted by molar-refractivity contribution is -0.402. The first-order valence-electron chi connectivity index (χ1n) is 5.64. The molecule has 2 unspecified atom stereocenters. The van der Waals surface area contributed by atoms with Gasteiger partial charge in [0, 0.05) is 0 Å². The van der Waals surface area contributed by atoms with Crippen LogP contribution in [-0.4, -0.2) is 27.9 Å². The maximum atomic E-state index is 11.7. The molecule has 0 aliphatic rings. The van der Waals surface area contributed by atoms with E-state index < -0.39 is 28.7 Å². The van der Waals surface area contributed by atoms with E-state index in [2.05, 4.69) is 5.32 Å². The summed E-state index contributed by atoms with van der Waals surface area (Å²) in [7, 11) is 0. The Morgan fingerprint density at radius 2 is 2.16 bits per heavy atom. The average molecular weight is 270 g/mol. The fourth-order valence-electron chi connectivity index (χ4n) is 1.44. The van der Waals surface area contributed by atoms with Gasteiger partial charge in [0.05, 0.1) is 6.07 Å². The SMILES string of the molecule is CCC(C)C(NC(=O)c1ccc([N+](=O)[O-])o1)C(=O)O. The number of carbonyl (C=O) groups is 2. The van der Waals surface area contributed by atoms with Gasteiger partial charge in [-0.05, 0) is 12.0 Å². The van der Waals surface area contributed by atoms with Crippen LogP contribution in [0.15, 0.2) is 16.5 Å². The molecule has 1 aromatic heterocycles. The average Bonchev–Trinajstić information content (AvgIpc) is 2.84. The number of rotatable bonds is 6. The molecule has 2 atom stereocenters. The molecule has 1 amide bonds. The third-order valence-corrected chi connectivity index (χ3v) is 2.76. The number of nitrogens with one attached hydrogen (secondary N) is 1. The van der Waals surface area contributed by atoms with Crippen LogP contribution in [0.5, 0.6) is 0 Å². The zero-order valence-electron chi connectivity index (χ0n) is 10.5. The van der Waals surface area contributed by atoms with Gasteiger partial charge in [0.1, 0.15) is 11.0 Å². The summed E-state index contributed by atoms with van der Waals surface area (Å²) in [5.41, 5.74) is 0. The number of aliphatic carboxylic acids is 1. The van der Waals surface area contributed by atoms with E-state index in [0.29, 0.717) is 6.42 Å². The van der Waals surface area contributed by atoms with Crippen molar-refractivity contribution in [2.75, 3.05) is 0 Å². The molecule has 1 rings (SSSR count). The minimum absolute atomic E-state index is 0.272. The number of carboxylic acid groups (broad SMARTS) is 1. The largest absolute Gasteiger partial charge is 0.480 e. The number of carboxylic acids is 1. The van der Waals surface area contributed by atoms with Crippen molar-refractivity contribution in [3.05, 3.63) is 28.0 Å². The van der Waals surface area contributed by atoms with Crippen molar-refractivity contribution in [2.24, 2.45) is 5.92 Å². The quantitative estimate of drug-likeness (QED) is 0.595. The lowest BCUT2D eigenvalue weighted by Crippen LogP contribution is -2.44. The van der Waals surface area contributed by atoms with Crippen LogP contribution in [0.1, 0.15) is 30.8 Å². The molecule has 2 N–H and O–H groups in total. The molecule has 0 bridgehead atoms. The minimum atomic E-state index is -1.16. The first-order valence-corrected chi connectivity index (χ1v) is 5.64. The summed E-state index contributed by atoms with van der Waals surface area (Å²) in [4.78, 5) is 32.4. The van der Waals surface area contributed by atoms with Crippen molar-refractivity contribution in [3.8, 4) is 0 Å². The van der Waals surface area contributed by atoms with E-state index in [-0.39, 0.29) is 11.7 Å². The fraction of sp³-hybridized carbons (Fsp3) is 0.455. The summed E-state index contributed by atoms with van der Waals surface area (Å²) in [6.45, 7) is 3.48. The van der Waals surface area contributed by atoms with Crippen LogP contribution >= 0.6 is 0 Å². The predicted octanol–water partition coefficient (Wildman–Crippen LogP) is 1.42. The zero-order chi connectivity index (χ0) is 14.6. The molecule has 104 valence electrons. The van der Waals surface area contributed by atoms with Crippen molar-refractivity contribution in [3.63, 3.8) is 0 Å². The van der Waals surface area contributed by atoms with Gasteiger partial charge in [0.15, 0.2) is 5.76 Å². The van der Waals surface area contributed by atoms with Gasteiger partial charge in [-0.15, -0.1) is 0 Å². The number of hydrogen-bond donors (Lipinski definition) is 2. The maximum absolute atomic E-state index is 11.7. The summed E-state index contributed by atoms with van der Waals surface area (Å²) in [5, 5.41) is 21.7. The molecule has 0 saturated carbocycles. The van der Waals surface area contributed by atoms with Crippen LogP contribution < -0.4 is 5.32 Å². The molecule has 0 spiro atoms. The summed E-state index contributed by atoms with van der Waals surface area (Å²) in [6, 6.07) is 1.10. The first-order chi connectivity index (χ1) is 8.86. The van der Waals surface area contributed by atoms with Crippen molar-refractivity contribution in [1.82, 2.24) is 5.32 Å². The minimum Gasteiger partial charge on any atom is -0.480 e. The van der Waals surface area contributed by atoms with Gasteiger partial charge in [0.2, 0.25) is 0 Å². The standard InChI is InChI=1S/C11H14N2O6/c1-3-6(2)9(11(15)16)12-10(14)7-4-5-8(19-7)13(17)18/h4-6,9H,3H2,1-2H3,(H,12,14)(H,15,16). The Kier molecular flexibility index (Phi) is 4.62. The second kappa shape index (κ2) is 5.98. The molecule has 8 nitrogen and oxygen atoms in total. The molecule has 0 radical (unpaired) electrons. The topological polar surface area (TPSA) is 123 Å². The van der Waals surface area contributed by atoms with Gasteiger partial charge >= 0.3 is 11.9 Å². The smallest absolute Gasteiger partial charge is 0.433 e. The highest BCUT2D eigenvalue weighted by Gasteiger charge is 2.27. The molecule has 0 aliphatic carbocycles. The molecule has 8 heteroatoms. The summed E-state index contributed by atoms with van der Waals surface area (Å²) in [5.74, 6) is -3.09. The van der Waals surface area contributed by atoms with Crippen molar-refractivity contribution in [2.45, 2.75) is 26.3 Å². The Balaban J connectivity index is 2.81. The molecule has 0 fully saturated rings. The highest BCUT2D eigenvalue weighted by Crippen LogP contribution is 2.16. The van der Waals surface area contributed by atoms with Gasteiger partial charge in [0.25, 0.3) is 5.91 Å². The second-order valence-electron chi connectivity index (χ2n) is 4.07. The number of nitrogens with zero attached hydrogens (tertiary/aromatic N) is 1.